The Morgan fingerprint density at radius 3 is 2.48 bits per heavy atom. The lowest BCUT2D eigenvalue weighted by atomic mass is 9.94. The maximum absolute atomic E-state index is 13.7. The highest BCUT2D eigenvalue weighted by molar-refractivity contribution is 5.87. The van der Waals surface area contributed by atoms with Gasteiger partial charge in [0.2, 0.25) is 0 Å². The molecule has 1 unspecified atom stereocenters. The molecule has 0 aliphatic heterocycles. The Morgan fingerprint density at radius 2 is 1.78 bits per heavy atom. The third-order valence-corrected chi connectivity index (χ3v) is 4.13. The van der Waals surface area contributed by atoms with Crippen molar-refractivity contribution in [3.8, 4) is 0 Å². The van der Waals surface area contributed by atoms with E-state index in [1.807, 2.05) is 26.0 Å². The van der Waals surface area contributed by atoms with Crippen molar-refractivity contribution < 1.29 is 18.3 Å². The van der Waals surface area contributed by atoms with Crippen molar-refractivity contribution in [3.63, 3.8) is 0 Å². The molecular weight excluding hydrogens is 346 g/mol. The molecule has 0 aromatic heterocycles. The average molecular weight is 370 g/mol. The van der Waals surface area contributed by atoms with Crippen LogP contribution < -0.4 is 0 Å². The normalized spacial score (nSPS) is 12.6. The predicted octanol–water partition coefficient (Wildman–Crippen LogP) is 6.14. The van der Waals surface area contributed by atoms with Gasteiger partial charge >= 0.3 is 5.97 Å². The molecule has 0 aliphatic rings. The van der Waals surface area contributed by atoms with Gasteiger partial charge in [0.15, 0.2) is 0 Å². The second kappa shape index (κ2) is 10.4. The van der Waals surface area contributed by atoms with Crippen molar-refractivity contribution in [1.29, 1.82) is 0 Å². The molecule has 0 bridgehead atoms. The number of benzene rings is 2. The molecule has 0 heterocycles. The van der Waals surface area contributed by atoms with E-state index in [2.05, 4.69) is 0 Å². The number of carbonyl (C=O) groups excluding carboxylic acids is 1. The number of ether oxygens (including phenoxy) is 1. The number of hydrogen-bond acceptors (Lipinski definition) is 2. The molecule has 4 heteroatoms. The fourth-order valence-corrected chi connectivity index (χ4v) is 2.56. The van der Waals surface area contributed by atoms with Crippen LogP contribution in [0.1, 0.15) is 49.3 Å². The van der Waals surface area contributed by atoms with E-state index in [0.29, 0.717) is 12.2 Å². The number of esters is 1. The lowest BCUT2D eigenvalue weighted by Crippen LogP contribution is -2.02. The Balaban J connectivity index is 2.13. The number of unbranched alkanes of at least 4 members (excludes halogenated alkanes) is 1. The van der Waals surface area contributed by atoms with Crippen LogP contribution in [0.15, 0.2) is 54.6 Å². The number of hydrogen-bond donors (Lipinski definition) is 0. The molecule has 0 aliphatic carbocycles. The Labute approximate surface area is 159 Å². The lowest BCUT2D eigenvalue weighted by molar-refractivity contribution is -0.137. The summed E-state index contributed by atoms with van der Waals surface area (Å²) >= 11 is 0. The molecule has 0 spiro atoms. The topological polar surface area (TPSA) is 26.3 Å². The summed E-state index contributed by atoms with van der Waals surface area (Å²) < 4.78 is 31.7. The number of carbonyl (C=O) groups is 1. The van der Waals surface area contributed by atoms with Crippen LogP contribution in [0.2, 0.25) is 0 Å². The molecule has 2 aromatic carbocycles. The summed E-state index contributed by atoms with van der Waals surface area (Å²) in [6, 6.07) is 10.7. The Morgan fingerprint density at radius 1 is 1.07 bits per heavy atom. The maximum Gasteiger partial charge on any atom is 0.330 e. The van der Waals surface area contributed by atoms with Gasteiger partial charge in [-0.25, -0.2) is 13.6 Å². The van der Waals surface area contributed by atoms with E-state index in [9.17, 15) is 13.6 Å². The molecule has 0 radical (unpaired) electrons. The van der Waals surface area contributed by atoms with E-state index < -0.39 is 5.97 Å². The minimum absolute atomic E-state index is 0.0218. The molecule has 0 amide bonds. The van der Waals surface area contributed by atoms with Crippen LogP contribution in [0.5, 0.6) is 0 Å². The van der Waals surface area contributed by atoms with Crippen molar-refractivity contribution >= 4 is 18.1 Å². The van der Waals surface area contributed by atoms with Crippen molar-refractivity contribution in [1.82, 2.24) is 0 Å². The summed E-state index contributed by atoms with van der Waals surface area (Å²) in [5.74, 6) is -1.11. The Hall–Kier alpha value is -2.75. The van der Waals surface area contributed by atoms with E-state index in [1.165, 1.54) is 30.3 Å². The van der Waals surface area contributed by atoms with Crippen molar-refractivity contribution in [2.24, 2.45) is 0 Å². The van der Waals surface area contributed by atoms with Gasteiger partial charge in [0.25, 0.3) is 0 Å². The first kappa shape index (κ1) is 20.6. The number of halogens is 2. The molecule has 0 saturated heterocycles. The fourth-order valence-electron chi connectivity index (χ4n) is 2.56. The first-order valence-corrected chi connectivity index (χ1v) is 9.07. The Bertz CT molecular complexity index is 808. The van der Waals surface area contributed by atoms with Crippen LogP contribution in [0.25, 0.3) is 12.2 Å². The summed E-state index contributed by atoms with van der Waals surface area (Å²) in [5.41, 5.74) is 2.38. The van der Waals surface area contributed by atoms with Crippen LogP contribution in [-0.2, 0) is 9.53 Å². The summed E-state index contributed by atoms with van der Waals surface area (Å²) in [4.78, 5) is 11.7. The van der Waals surface area contributed by atoms with Gasteiger partial charge in [-0.05, 0) is 59.4 Å². The van der Waals surface area contributed by atoms with Gasteiger partial charge < -0.3 is 4.74 Å². The first-order valence-electron chi connectivity index (χ1n) is 9.07. The number of rotatable bonds is 8. The van der Waals surface area contributed by atoms with Crippen LogP contribution >= 0.6 is 0 Å². The number of allylic oxidation sites excluding steroid dienone is 1. The smallest absolute Gasteiger partial charge is 0.330 e. The van der Waals surface area contributed by atoms with E-state index in [4.69, 9.17) is 4.74 Å². The predicted molar refractivity (Wildman–Crippen MR) is 105 cm³/mol. The molecule has 142 valence electrons. The first-order chi connectivity index (χ1) is 13.0. The highest BCUT2D eigenvalue weighted by Gasteiger charge is 2.08. The largest absolute Gasteiger partial charge is 0.463 e. The monoisotopic (exact) mass is 370 g/mol. The SMILES string of the molecule is CCCCOC(=O)/C=C/c1cc(F)ccc1C(C)/C=C/c1ccc(F)cc1. The van der Waals surface area contributed by atoms with Gasteiger partial charge in [-0.1, -0.05) is 50.6 Å². The second-order valence-electron chi connectivity index (χ2n) is 6.33. The molecular formula is C23H24F2O2. The third-order valence-electron chi connectivity index (χ3n) is 4.13. The minimum atomic E-state index is -0.437. The van der Waals surface area contributed by atoms with E-state index in [1.54, 1.807) is 24.3 Å². The van der Waals surface area contributed by atoms with Crippen molar-refractivity contribution in [3.05, 3.63) is 82.9 Å². The van der Waals surface area contributed by atoms with Gasteiger partial charge in [-0.3, -0.25) is 0 Å². The highest BCUT2D eigenvalue weighted by atomic mass is 19.1. The maximum atomic E-state index is 13.7. The van der Waals surface area contributed by atoms with Crippen LogP contribution in [0.4, 0.5) is 8.78 Å². The molecule has 2 nitrogen and oxygen atoms in total. The van der Waals surface area contributed by atoms with Crippen LogP contribution in [0, 0.1) is 11.6 Å². The van der Waals surface area contributed by atoms with Crippen LogP contribution in [-0.4, -0.2) is 12.6 Å². The lowest BCUT2D eigenvalue weighted by Gasteiger charge is -2.11. The second-order valence-corrected chi connectivity index (χ2v) is 6.33. The molecule has 0 N–H and O–H groups in total. The van der Waals surface area contributed by atoms with Gasteiger partial charge in [-0.2, -0.15) is 0 Å². The summed E-state index contributed by atoms with van der Waals surface area (Å²) in [5, 5.41) is 0. The zero-order valence-electron chi connectivity index (χ0n) is 15.6. The zero-order valence-corrected chi connectivity index (χ0v) is 15.6. The fraction of sp³-hybridized carbons (Fsp3) is 0.261. The van der Waals surface area contributed by atoms with E-state index >= 15 is 0 Å². The van der Waals surface area contributed by atoms with Gasteiger partial charge in [-0.15, -0.1) is 0 Å². The molecule has 0 fully saturated rings. The standard InChI is InChI=1S/C23H24F2O2/c1-3-4-15-27-23(26)14-9-19-16-21(25)12-13-22(19)17(2)5-6-18-7-10-20(24)11-8-18/h5-14,16-17H,3-4,15H2,1-2H3/b6-5+,14-9+. The molecule has 2 aromatic rings. The third kappa shape index (κ3) is 6.81. The van der Waals surface area contributed by atoms with Crippen molar-refractivity contribution in [2.75, 3.05) is 6.61 Å². The van der Waals surface area contributed by atoms with Gasteiger partial charge in [0.1, 0.15) is 11.6 Å². The molecule has 1 atom stereocenters. The summed E-state index contributed by atoms with van der Waals surface area (Å²) in [7, 11) is 0. The van der Waals surface area contributed by atoms with Crippen molar-refractivity contribution in [2.45, 2.75) is 32.6 Å². The van der Waals surface area contributed by atoms with Crippen LogP contribution in [0.3, 0.4) is 0 Å². The minimum Gasteiger partial charge on any atom is -0.463 e. The van der Waals surface area contributed by atoms with Gasteiger partial charge in [0, 0.05) is 6.08 Å². The molecule has 0 saturated carbocycles. The summed E-state index contributed by atoms with van der Waals surface area (Å²) in [6.45, 7) is 4.38. The average Bonchev–Trinajstić information content (AvgIpc) is 2.66. The zero-order chi connectivity index (χ0) is 19.6. The molecule has 2 rings (SSSR count). The summed E-state index contributed by atoms with van der Waals surface area (Å²) in [6.07, 6.45) is 8.51. The van der Waals surface area contributed by atoms with E-state index in [0.717, 1.165) is 24.0 Å². The molecule has 27 heavy (non-hydrogen) atoms. The van der Waals surface area contributed by atoms with Gasteiger partial charge in [0.05, 0.1) is 6.61 Å². The Kier molecular flexibility index (Phi) is 7.93. The quantitative estimate of drug-likeness (QED) is 0.317. The highest BCUT2D eigenvalue weighted by Crippen LogP contribution is 2.24. The van der Waals surface area contributed by atoms with E-state index in [-0.39, 0.29) is 17.6 Å².